The van der Waals surface area contributed by atoms with Crippen LogP contribution in [0.4, 0.5) is 0 Å². The van der Waals surface area contributed by atoms with E-state index in [1.807, 2.05) is 6.07 Å². The SMILES string of the molecule is COc1cc2c3c(c1OC)-c1c(ccc4c1OCO4)CC3N(C)CC2. The van der Waals surface area contributed by atoms with E-state index in [2.05, 4.69) is 24.1 Å². The van der Waals surface area contributed by atoms with Gasteiger partial charge in [-0.15, -0.1) is 0 Å². The molecule has 2 aromatic carbocycles. The summed E-state index contributed by atoms with van der Waals surface area (Å²) in [5.74, 6) is 3.20. The molecule has 0 saturated carbocycles. The molecule has 5 rings (SSSR count). The molecule has 0 spiro atoms. The lowest BCUT2D eigenvalue weighted by molar-refractivity contribution is 0.174. The summed E-state index contributed by atoms with van der Waals surface area (Å²) >= 11 is 0. The highest BCUT2D eigenvalue weighted by molar-refractivity contribution is 5.88. The van der Waals surface area contributed by atoms with Gasteiger partial charge in [0.15, 0.2) is 23.0 Å². The average Bonchev–Trinajstić information content (AvgIpc) is 3.12. The fourth-order valence-electron chi connectivity index (χ4n) is 4.49. The van der Waals surface area contributed by atoms with E-state index in [-0.39, 0.29) is 6.79 Å². The highest BCUT2D eigenvalue weighted by Gasteiger charge is 2.39. The summed E-state index contributed by atoms with van der Waals surface area (Å²) in [5, 5.41) is 0. The molecular formula is C20H21NO4. The highest BCUT2D eigenvalue weighted by Crippen LogP contribution is 2.57. The van der Waals surface area contributed by atoms with Crippen molar-refractivity contribution >= 4 is 0 Å². The van der Waals surface area contributed by atoms with Gasteiger partial charge in [-0.3, -0.25) is 4.90 Å². The number of fused-ring (bicyclic) bond motifs is 4. The number of hydrogen-bond acceptors (Lipinski definition) is 5. The van der Waals surface area contributed by atoms with Crippen LogP contribution in [0.5, 0.6) is 23.0 Å². The topological polar surface area (TPSA) is 40.2 Å². The first-order chi connectivity index (χ1) is 12.2. The molecule has 2 aromatic rings. The monoisotopic (exact) mass is 339 g/mol. The number of benzene rings is 2. The van der Waals surface area contributed by atoms with Crippen molar-refractivity contribution in [2.24, 2.45) is 0 Å². The molecule has 3 aliphatic rings. The van der Waals surface area contributed by atoms with Gasteiger partial charge in [0.25, 0.3) is 0 Å². The fraction of sp³-hybridized carbons (Fsp3) is 0.400. The number of methoxy groups -OCH3 is 2. The molecule has 0 saturated heterocycles. The zero-order valence-electron chi connectivity index (χ0n) is 14.7. The molecule has 0 amide bonds. The van der Waals surface area contributed by atoms with Gasteiger partial charge >= 0.3 is 0 Å². The summed E-state index contributed by atoms with van der Waals surface area (Å²) in [7, 11) is 5.60. The Bertz CT molecular complexity index is 877. The van der Waals surface area contributed by atoms with Gasteiger partial charge in [0.05, 0.1) is 14.2 Å². The van der Waals surface area contributed by atoms with E-state index in [4.69, 9.17) is 18.9 Å². The first-order valence-electron chi connectivity index (χ1n) is 8.62. The van der Waals surface area contributed by atoms with Crippen LogP contribution in [0.3, 0.4) is 0 Å². The second-order valence-electron chi connectivity index (χ2n) is 6.84. The molecule has 25 heavy (non-hydrogen) atoms. The van der Waals surface area contributed by atoms with Crippen LogP contribution in [0.2, 0.25) is 0 Å². The zero-order chi connectivity index (χ0) is 17.1. The average molecular weight is 339 g/mol. The molecule has 130 valence electrons. The molecule has 0 aromatic heterocycles. The van der Waals surface area contributed by atoms with Gasteiger partial charge in [-0.25, -0.2) is 0 Å². The van der Waals surface area contributed by atoms with E-state index in [0.29, 0.717) is 6.04 Å². The minimum atomic E-state index is 0.267. The van der Waals surface area contributed by atoms with Gasteiger partial charge in [-0.05, 0) is 48.7 Å². The summed E-state index contributed by atoms with van der Waals surface area (Å²) in [6.07, 6.45) is 1.98. The Morgan fingerprint density at radius 2 is 1.96 bits per heavy atom. The highest BCUT2D eigenvalue weighted by atomic mass is 16.7. The largest absolute Gasteiger partial charge is 0.493 e. The number of rotatable bonds is 2. The van der Waals surface area contributed by atoms with Crippen LogP contribution in [0, 0.1) is 0 Å². The van der Waals surface area contributed by atoms with E-state index in [1.165, 1.54) is 16.7 Å². The van der Waals surface area contributed by atoms with E-state index in [0.717, 1.165) is 53.5 Å². The summed E-state index contributed by atoms with van der Waals surface area (Å²) in [6, 6.07) is 6.67. The molecule has 0 bridgehead atoms. The van der Waals surface area contributed by atoms with E-state index < -0.39 is 0 Å². The molecule has 0 radical (unpaired) electrons. The summed E-state index contributed by atoms with van der Waals surface area (Å²) in [5.41, 5.74) is 6.18. The Kier molecular flexibility index (Phi) is 3.16. The van der Waals surface area contributed by atoms with E-state index in [9.17, 15) is 0 Å². The number of nitrogens with zero attached hydrogens (tertiary/aromatic N) is 1. The van der Waals surface area contributed by atoms with Crippen molar-refractivity contribution in [2.45, 2.75) is 18.9 Å². The molecular weight excluding hydrogens is 318 g/mol. The van der Waals surface area contributed by atoms with Gasteiger partial charge in [0.2, 0.25) is 6.79 Å². The lowest BCUT2D eigenvalue weighted by Crippen LogP contribution is -2.35. The Hall–Kier alpha value is -2.40. The Morgan fingerprint density at radius 1 is 1.08 bits per heavy atom. The number of ether oxygens (including phenoxy) is 4. The first kappa shape index (κ1) is 14.9. The predicted molar refractivity (Wildman–Crippen MR) is 93.9 cm³/mol. The van der Waals surface area contributed by atoms with Crippen molar-refractivity contribution in [3.8, 4) is 34.1 Å². The van der Waals surface area contributed by atoms with Crippen molar-refractivity contribution in [2.75, 3.05) is 34.6 Å². The van der Waals surface area contributed by atoms with Gasteiger partial charge < -0.3 is 18.9 Å². The van der Waals surface area contributed by atoms with E-state index in [1.54, 1.807) is 14.2 Å². The van der Waals surface area contributed by atoms with Crippen molar-refractivity contribution in [1.29, 1.82) is 0 Å². The predicted octanol–water partition coefficient (Wildman–Crippen LogP) is 3.18. The van der Waals surface area contributed by atoms with Gasteiger partial charge in [-0.2, -0.15) is 0 Å². The molecule has 2 aliphatic heterocycles. The summed E-state index contributed by atoms with van der Waals surface area (Å²) < 4.78 is 22.9. The van der Waals surface area contributed by atoms with Gasteiger partial charge in [0, 0.05) is 23.7 Å². The third-order valence-corrected chi connectivity index (χ3v) is 5.68. The van der Waals surface area contributed by atoms with Crippen molar-refractivity contribution in [3.05, 3.63) is 34.9 Å². The van der Waals surface area contributed by atoms with Crippen LogP contribution in [-0.2, 0) is 12.8 Å². The maximum Gasteiger partial charge on any atom is 0.231 e. The minimum absolute atomic E-state index is 0.267. The molecule has 1 unspecified atom stereocenters. The second-order valence-corrected chi connectivity index (χ2v) is 6.84. The molecule has 2 heterocycles. The molecule has 1 aliphatic carbocycles. The normalized spacial score (nSPS) is 20.0. The maximum absolute atomic E-state index is 5.85. The number of hydrogen-bond donors (Lipinski definition) is 0. The van der Waals surface area contributed by atoms with Crippen LogP contribution >= 0.6 is 0 Å². The lowest BCUT2D eigenvalue weighted by atomic mass is 9.76. The lowest BCUT2D eigenvalue weighted by Gasteiger charge is -2.40. The first-order valence-corrected chi connectivity index (χ1v) is 8.62. The van der Waals surface area contributed by atoms with Crippen LogP contribution < -0.4 is 18.9 Å². The third kappa shape index (κ3) is 1.93. The zero-order valence-corrected chi connectivity index (χ0v) is 14.7. The third-order valence-electron chi connectivity index (χ3n) is 5.68. The Morgan fingerprint density at radius 3 is 2.76 bits per heavy atom. The van der Waals surface area contributed by atoms with Crippen LogP contribution in [0.15, 0.2) is 18.2 Å². The molecule has 5 nitrogen and oxygen atoms in total. The fourth-order valence-corrected chi connectivity index (χ4v) is 4.49. The molecule has 0 fully saturated rings. The standard InChI is InChI=1S/C20H21NO4/c1-21-7-6-12-9-15(22-2)19(23-3)18-16(12)13(21)8-11-4-5-14-20(17(11)18)25-10-24-14/h4-5,9,13H,6-8,10H2,1-3H3. The van der Waals surface area contributed by atoms with Gasteiger partial charge in [0.1, 0.15) is 0 Å². The maximum atomic E-state index is 5.85. The van der Waals surface area contributed by atoms with Gasteiger partial charge in [-0.1, -0.05) is 6.07 Å². The minimum Gasteiger partial charge on any atom is -0.493 e. The number of likely N-dealkylation sites (N-methyl/N-ethyl adjacent to an activating group) is 1. The Labute approximate surface area is 147 Å². The molecule has 5 heteroatoms. The van der Waals surface area contributed by atoms with Crippen LogP contribution in [0.25, 0.3) is 11.1 Å². The molecule has 0 N–H and O–H groups in total. The molecule has 1 atom stereocenters. The quantitative estimate of drug-likeness (QED) is 0.840. The van der Waals surface area contributed by atoms with E-state index >= 15 is 0 Å². The van der Waals surface area contributed by atoms with Crippen molar-refractivity contribution < 1.29 is 18.9 Å². The Balaban J connectivity index is 1.89. The van der Waals surface area contributed by atoms with Crippen LogP contribution in [-0.4, -0.2) is 39.5 Å². The van der Waals surface area contributed by atoms with Crippen LogP contribution in [0.1, 0.15) is 22.7 Å². The van der Waals surface area contributed by atoms with Crippen molar-refractivity contribution in [3.63, 3.8) is 0 Å². The summed E-state index contributed by atoms with van der Waals surface area (Å²) in [6.45, 7) is 1.32. The van der Waals surface area contributed by atoms with Crippen molar-refractivity contribution in [1.82, 2.24) is 4.90 Å². The smallest absolute Gasteiger partial charge is 0.231 e. The second kappa shape index (κ2) is 5.30. The summed E-state index contributed by atoms with van der Waals surface area (Å²) in [4.78, 5) is 2.44.